The van der Waals surface area contributed by atoms with Crippen LogP contribution in [-0.2, 0) is 11.3 Å². The van der Waals surface area contributed by atoms with Gasteiger partial charge in [-0.25, -0.2) is 4.98 Å². The zero-order valence-corrected chi connectivity index (χ0v) is 13.1. The standard InChI is InChI=1S/C14H12N4O2S2/c19-13(15-7-10-3-1-5-20-10)9-22-14-17-11(8-16-18-14)12-4-2-6-21-12/h1-6,8H,7,9H2,(H,15,19). The van der Waals surface area contributed by atoms with Crippen LogP contribution < -0.4 is 5.32 Å². The molecule has 22 heavy (non-hydrogen) atoms. The predicted molar refractivity (Wildman–Crippen MR) is 84.4 cm³/mol. The van der Waals surface area contributed by atoms with Crippen molar-refractivity contribution in [2.24, 2.45) is 0 Å². The number of rotatable bonds is 6. The lowest BCUT2D eigenvalue weighted by Crippen LogP contribution is -2.24. The third-order valence-corrected chi connectivity index (χ3v) is 4.42. The molecule has 3 aromatic rings. The van der Waals surface area contributed by atoms with Gasteiger partial charge in [-0.2, -0.15) is 5.10 Å². The predicted octanol–water partition coefficient (Wildman–Crippen LogP) is 2.60. The maximum absolute atomic E-state index is 11.8. The van der Waals surface area contributed by atoms with Crippen molar-refractivity contribution in [3.8, 4) is 10.6 Å². The smallest absolute Gasteiger partial charge is 0.230 e. The molecule has 0 atom stereocenters. The van der Waals surface area contributed by atoms with Crippen molar-refractivity contribution in [2.45, 2.75) is 11.7 Å². The Balaban J connectivity index is 1.53. The number of carbonyl (C=O) groups is 1. The lowest BCUT2D eigenvalue weighted by Gasteiger charge is -2.03. The summed E-state index contributed by atoms with van der Waals surface area (Å²) in [5, 5.41) is 13.1. The highest BCUT2D eigenvalue weighted by Crippen LogP contribution is 2.23. The molecule has 0 aliphatic rings. The molecule has 3 rings (SSSR count). The molecule has 112 valence electrons. The highest BCUT2D eigenvalue weighted by Gasteiger charge is 2.08. The summed E-state index contributed by atoms with van der Waals surface area (Å²) in [4.78, 5) is 17.2. The summed E-state index contributed by atoms with van der Waals surface area (Å²) in [6.07, 6.45) is 3.19. The van der Waals surface area contributed by atoms with E-state index in [-0.39, 0.29) is 11.7 Å². The van der Waals surface area contributed by atoms with Gasteiger partial charge in [0.2, 0.25) is 11.1 Å². The lowest BCUT2D eigenvalue weighted by molar-refractivity contribution is -0.118. The Hall–Kier alpha value is -2.19. The Bertz CT molecular complexity index is 729. The van der Waals surface area contributed by atoms with Gasteiger partial charge in [0, 0.05) is 0 Å². The summed E-state index contributed by atoms with van der Waals surface area (Å²) in [7, 11) is 0. The van der Waals surface area contributed by atoms with Crippen molar-refractivity contribution >= 4 is 29.0 Å². The molecule has 0 aliphatic carbocycles. The fraction of sp³-hybridized carbons (Fsp3) is 0.143. The van der Waals surface area contributed by atoms with Crippen molar-refractivity contribution in [2.75, 3.05) is 5.75 Å². The highest BCUT2D eigenvalue weighted by atomic mass is 32.2. The molecule has 3 aromatic heterocycles. The molecule has 1 amide bonds. The number of carbonyl (C=O) groups excluding carboxylic acids is 1. The summed E-state index contributed by atoms with van der Waals surface area (Å²) < 4.78 is 5.15. The minimum atomic E-state index is -0.105. The van der Waals surface area contributed by atoms with Crippen molar-refractivity contribution < 1.29 is 9.21 Å². The van der Waals surface area contributed by atoms with E-state index in [1.165, 1.54) is 11.8 Å². The molecular weight excluding hydrogens is 320 g/mol. The quantitative estimate of drug-likeness (QED) is 0.699. The number of nitrogens with one attached hydrogen (secondary N) is 1. The van der Waals surface area contributed by atoms with Crippen molar-refractivity contribution in [1.29, 1.82) is 0 Å². The number of aromatic nitrogens is 3. The van der Waals surface area contributed by atoms with Crippen LogP contribution in [0.25, 0.3) is 10.6 Å². The Morgan fingerprint density at radius 3 is 3.09 bits per heavy atom. The third kappa shape index (κ3) is 3.92. The number of hydrogen-bond donors (Lipinski definition) is 1. The molecule has 6 nitrogen and oxygen atoms in total. The van der Waals surface area contributed by atoms with Gasteiger partial charge in [0.15, 0.2) is 0 Å². The van der Waals surface area contributed by atoms with Crippen molar-refractivity contribution in [3.63, 3.8) is 0 Å². The van der Waals surface area contributed by atoms with Crippen LogP contribution in [0, 0.1) is 0 Å². The Morgan fingerprint density at radius 2 is 2.32 bits per heavy atom. The van der Waals surface area contributed by atoms with Gasteiger partial charge in [0.25, 0.3) is 0 Å². The van der Waals surface area contributed by atoms with Crippen molar-refractivity contribution in [3.05, 3.63) is 47.9 Å². The maximum atomic E-state index is 11.8. The summed E-state index contributed by atoms with van der Waals surface area (Å²) >= 11 is 2.84. The molecule has 0 saturated carbocycles. The van der Waals surface area contributed by atoms with Gasteiger partial charge < -0.3 is 9.73 Å². The number of amides is 1. The highest BCUT2D eigenvalue weighted by molar-refractivity contribution is 7.99. The Labute approximate surface area is 135 Å². The van der Waals surface area contributed by atoms with Gasteiger partial charge in [-0.15, -0.1) is 16.4 Å². The van der Waals surface area contributed by atoms with E-state index in [1.54, 1.807) is 29.9 Å². The van der Waals surface area contributed by atoms with E-state index in [9.17, 15) is 4.79 Å². The fourth-order valence-corrected chi connectivity index (χ4v) is 2.98. The number of furan rings is 1. The monoisotopic (exact) mass is 332 g/mol. The molecule has 3 heterocycles. The molecule has 0 aromatic carbocycles. The van der Waals surface area contributed by atoms with E-state index in [2.05, 4.69) is 20.5 Å². The van der Waals surface area contributed by atoms with Crippen LogP contribution >= 0.6 is 23.1 Å². The Morgan fingerprint density at radius 1 is 1.36 bits per heavy atom. The molecule has 0 fully saturated rings. The number of thioether (sulfide) groups is 1. The van der Waals surface area contributed by atoms with Crippen molar-refractivity contribution in [1.82, 2.24) is 20.5 Å². The second-order valence-electron chi connectivity index (χ2n) is 4.25. The summed E-state index contributed by atoms with van der Waals surface area (Å²) in [6.45, 7) is 0.376. The molecule has 0 aliphatic heterocycles. The number of nitrogens with zero attached hydrogens (tertiary/aromatic N) is 3. The van der Waals surface area contributed by atoms with Crippen LogP contribution in [-0.4, -0.2) is 26.8 Å². The summed E-state index contributed by atoms with van der Waals surface area (Å²) in [6, 6.07) is 7.52. The average Bonchev–Trinajstić information content (AvgIpc) is 3.24. The molecule has 0 radical (unpaired) electrons. The normalized spacial score (nSPS) is 10.5. The first kappa shape index (κ1) is 14.7. The molecule has 0 spiro atoms. The molecular formula is C14H12N4O2S2. The van der Waals surface area contributed by atoms with E-state index >= 15 is 0 Å². The number of hydrogen-bond acceptors (Lipinski definition) is 7. The molecule has 0 saturated heterocycles. The van der Waals surface area contributed by atoms with Gasteiger partial charge in [-0.05, 0) is 23.6 Å². The first-order valence-electron chi connectivity index (χ1n) is 6.47. The van der Waals surface area contributed by atoms with E-state index in [1.807, 2.05) is 23.6 Å². The average molecular weight is 332 g/mol. The largest absolute Gasteiger partial charge is 0.467 e. The van der Waals surface area contributed by atoms with Crippen LogP contribution in [0.5, 0.6) is 0 Å². The zero-order valence-electron chi connectivity index (χ0n) is 11.4. The summed E-state index contributed by atoms with van der Waals surface area (Å²) in [5.74, 6) is 0.846. The number of thiophene rings is 1. The van der Waals surface area contributed by atoms with Gasteiger partial charge >= 0.3 is 0 Å². The van der Waals surface area contributed by atoms with Gasteiger partial charge in [0.05, 0.1) is 29.6 Å². The van der Waals surface area contributed by atoms with Crippen LogP contribution in [0.2, 0.25) is 0 Å². The maximum Gasteiger partial charge on any atom is 0.230 e. The topological polar surface area (TPSA) is 80.9 Å². The molecule has 1 N–H and O–H groups in total. The van der Waals surface area contributed by atoms with E-state index in [0.29, 0.717) is 11.7 Å². The van der Waals surface area contributed by atoms with Gasteiger partial charge in [-0.1, -0.05) is 17.8 Å². The van der Waals surface area contributed by atoms with Crippen LogP contribution in [0.15, 0.2) is 51.7 Å². The van der Waals surface area contributed by atoms with Crippen LogP contribution in [0.1, 0.15) is 5.76 Å². The first-order valence-corrected chi connectivity index (χ1v) is 8.33. The Kier molecular flexibility index (Phi) is 4.81. The van der Waals surface area contributed by atoms with E-state index in [0.717, 1.165) is 16.3 Å². The minimum absolute atomic E-state index is 0.105. The molecule has 8 heteroatoms. The third-order valence-electron chi connectivity index (χ3n) is 2.69. The molecule has 0 bridgehead atoms. The lowest BCUT2D eigenvalue weighted by atomic mass is 10.4. The molecule has 0 unspecified atom stereocenters. The fourth-order valence-electron chi connectivity index (χ4n) is 1.67. The van der Waals surface area contributed by atoms with Crippen LogP contribution in [0.4, 0.5) is 0 Å². The second-order valence-corrected chi connectivity index (χ2v) is 6.14. The summed E-state index contributed by atoms with van der Waals surface area (Å²) in [5.41, 5.74) is 0.767. The van der Waals surface area contributed by atoms with Gasteiger partial charge in [0.1, 0.15) is 11.5 Å². The van der Waals surface area contributed by atoms with Crippen LogP contribution in [0.3, 0.4) is 0 Å². The van der Waals surface area contributed by atoms with E-state index < -0.39 is 0 Å². The first-order chi connectivity index (χ1) is 10.8. The zero-order chi connectivity index (χ0) is 15.2. The second kappa shape index (κ2) is 7.19. The SMILES string of the molecule is O=C(CSc1nncc(-c2cccs2)n1)NCc1ccco1. The minimum Gasteiger partial charge on any atom is -0.467 e. The van der Waals surface area contributed by atoms with Gasteiger partial charge in [-0.3, -0.25) is 4.79 Å². The van der Waals surface area contributed by atoms with E-state index in [4.69, 9.17) is 4.42 Å².